The number of rotatable bonds is 3. The summed E-state index contributed by atoms with van der Waals surface area (Å²) in [4.78, 5) is 28.4. The summed E-state index contributed by atoms with van der Waals surface area (Å²) in [5, 5.41) is 8.38. The third kappa shape index (κ3) is 3.37. The van der Waals surface area contributed by atoms with Crippen molar-refractivity contribution in [1.29, 1.82) is 0 Å². The highest BCUT2D eigenvalue weighted by Gasteiger charge is 2.25. The smallest absolute Gasteiger partial charge is 0.273 e. The van der Waals surface area contributed by atoms with E-state index in [-0.39, 0.29) is 30.3 Å². The van der Waals surface area contributed by atoms with E-state index in [9.17, 15) is 9.59 Å². The molecule has 2 amide bonds. The number of hydrazone groups is 1. The zero-order valence-electron chi connectivity index (χ0n) is 12.1. The molecule has 0 fully saturated rings. The van der Waals surface area contributed by atoms with E-state index in [1.165, 1.54) is 11.2 Å². The number of nitrogens with zero attached hydrogens (tertiary/aromatic N) is 3. The molecule has 0 saturated carbocycles. The number of carbonyl (C=O) groups is 2. The average molecular weight is 329 g/mol. The van der Waals surface area contributed by atoms with Crippen molar-refractivity contribution in [2.75, 3.05) is 10.3 Å². The first-order valence-electron chi connectivity index (χ1n) is 7.02. The maximum atomic E-state index is 12.3. The summed E-state index contributed by atoms with van der Waals surface area (Å²) in [6.45, 7) is 0. The van der Waals surface area contributed by atoms with E-state index in [1.54, 1.807) is 36.4 Å². The Bertz CT molecular complexity index is 777. The van der Waals surface area contributed by atoms with Crippen LogP contribution in [0.5, 0.6) is 0 Å². The standard InChI is InChI=1S/C16H13ClN4O2/c17-12-7-4-10-18-15(12)19-16(23)13-8-9-14(22)21(20-13)11-5-2-1-3-6-11/h1-7,10H,8-9H2,(H,18,19,23). The summed E-state index contributed by atoms with van der Waals surface area (Å²) < 4.78 is 0. The first-order chi connectivity index (χ1) is 11.1. The SMILES string of the molecule is O=C(Nc1ncccc1Cl)C1=NN(c2ccccc2)C(=O)CC1. The minimum Gasteiger partial charge on any atom is -0.304 e. The van der Waals surface area contributed by atoms with Crippen LogP contribution in [-0.2, 0) is 9.59 Å². The molecule has 1 aliphatic rings. The van der Waals surface area contributed by atoms with E-state index in [0.717, 1.165) is 0 Å². The van der Waals surface area contributed by atoms with Crippen LogP contribution in [0.3, 0.4) is 0 Å². The van der Waals surface area contributed by atoms with Crippen LogP contribution >= 0.6 is 11.6 Å². The van der Waals surface area contributed by atoms with E-state index in [2.05, 4.69) is 15.4 Å². The van der Waals surface area contributed by atoms with Crippen molar-refractivity contribution in [2.45, 2.75) is 12.8 Å². The lowest BCUT2D eigenvalue weighted by Gasteiger charge is -2.23. The number of nitrogens with one attached hydrogen (secondary N) is 1. The molecule has 2 aromatic rings. The van der Waals surface area contributed by atoms with Gasteiger partial charge in [-0.25, -0.2) is 9.99 Å². The van der Waals surface area contributed by atoms with E-state index in [0.29, 0.717) is 10.7 Å². The average Bonchev–Trinajstić information content (AvgIpc) is 2.58. The Hall–Kier alpha value is -2.73. The fraction of sp³-hybridized carbons (Fsp3) is 0.125. The summed E-state index contributed by atoms with van der Waals surface area (Å²) in [7, 11) is 0. The zero-order chi connectivity index (χ0) is 16.2. The van der Waals surface area contributed by atoms with E-state index in [4.69, 9.17) is 11.6 Å². The monoisotopic (exact) mass is 328 g/mol. The Morgan fingerprint density at radius 3 is 2.65 bits per heavy atom. The molecule has 0 aliphatic carbocycles. The van der Waals surface area contributed by atoms with Crippen LogP contribution in [0.1, 0.15) is 12.8 Å². The fourth-order valence-electron chi connectivity index (χ4n) is 2.14. The Labute approximate surface area is 137 Å². The van der Waals surface area contributed by atoms with Crippen molar-refractivity contribution in [3.8, 4) is 0 Å². The number of pyridine rings is 1. The topological polar surface area (TPSA) is 74.7 Å². The molecule has 0 radical (unpaired) electrons. The number of aromatic nitrogens is 1. The second-order valence-corrected chi connectivity index (χ2v) is 5.28. The molecule has 2 heterocycles. The van der Waals surface area contributed by atoms with E-state index >= 15 is 0 Å². The predicted octanol–water partition coefficient (Wildman–Crippen LogP) is 2.86. The molecule has 1 N–H and O–H groups in total. The molecule has 3 rings (SSSR count). The second-order valence-electron chi connectivity index (χ2n) is 4.88. The highest BCUT2D eigenvalue weighted by atomic mass is 35.5. The van der Waals surface area contributed by atoms with Crippen molar-refractivity contribution in [2.24, 2.45) is 5.10 Å². The van der Waals surface area contributed by atoms with E-state index in [1.807, 2.05) is 6.07 Å². The number of hydrogen-bond donors (Lipinski definition) is 1. The lowest BCUT2D eigenvalue weighted by Crippen LogP contribution is -2.36. The molecule has 0 unspecified atom stereocenters. The number of benzene rings is 1. The van der Waals surface area contributed by atoms with Gasteiger partial charge in [0.15, 0.2) is 5.82 Å². The van der Waals surface area contributed by atoms with E-state index < -0.39 is 5.91 Å². The van der Waals surface area contributed by atoms with Crippen LogP contribution in [0, 0.1) is 0 Å². The largest absolute Gasteiger partial charge is 0.304 e. The van der Waals surface area contributed by atoms with Gasteiger partial charge in [-0.15, -0.1) is 0 Å². The molecule has 1 aromatic carbocycles. The quantitative estimate of drug-likeness (QED) is 0.941. The van der Waals surface area contributed by atoms with Crippen LogP contribution < -0.4 is 10.3 Å². The van der Waals surface area contributed by atoms with Crippen molar-refractivity contribution in [3.63, 3.8) is 0 Å². The Morgan fingerprint density at radius 1 is 1.13 bits per heavy atom. The molecule has 0 bridgehead atoms. The number of amides is 2. The van der Waals surface area contributed by atoms with Crippen molar-refractivity contribution in [1.82, 2.24) is 4.98 Å². The first-order valence-corrected chi connectivity index (χ1v) is 7.40. The van der Waals surface area contributed by atoms with Crippen LogP contribution in [0.2, 0.25) is 5.02 Å². The molecule has 1 aromatic heterocycles. The maximum absolute atomic E-state index is 12.3. The Kier molecular flexibility index (Phi) is 4.34. The summed E-state index contributed by atoms with van der Waals surface area (Å²) in [5.74, 6) is -0.298. The van der Waals surface area contributed by atoms with Gasteiger partial charge in [0.05, 0.1) is 10.7 Å². The highest BCUT2D eigenvalue weighted by Crippen LogP contribution is 2.21. The molecule has 0 saturated heterocycles. The lowest BCUT2D eigenvalue weighted by atomic mass is 10.1. The molecule has 23 heavy (non-hydrogen) atoms. The summed E-state index contributed by atoms with van der Waals surface area (Å²) >= 11 is 5.97. The number of hydrogen-bond acceptors (Lipinski definition) is 4. The Morgan fingerprint density at radius 2 is 1.91 bits per heavy atom. The van der Waals surface area contributed by atoms with Crippen LogP contribution in [0.4, 0.5) is 11.5 Å². The maximum Gasteiger partial charge on any atom is 0.273 e. The van der Waals surface area contributed by atoms with Gasteiger partial charge >= 0.3 is 0 Å². The second kappa shape index (κ2) is 6.58. The summed E-state index contributed by atoms with van der Waals surface area (Å²) in [6.07, 6.45) is 2.03. The van der Waals surface area contributed by atoms with Gasteiger partial charge in [0.1, 0.15) is 5.71 Å². The first kappa shape index (κ1) is 15.2. The van der Waals surface area contributed by atoms with Crippen LogP contribution in [-0.4, -0.2) is 22.5 Å². The van der Waals surface area contributed by atoms with Gasteiger partial charge in [-0.1, -0.05) is 29.8 Å². The fourth-order valence-corrected chi connectivity index (χ4v) is 2.31. The number of anilines is 2. The predicted molar refractivity (Wildman–Crippen MR) is 88.5 cm³/mol. The number of halogens is 1. The van der Waals surface area contributed by atoms with Gasteiger partial charge in [0.25, 0.3) is 5.91 Å². The van der Waals surface area contributed by atoms with Gasteiger partial charge < -0.3 is 5.32 Å². The van der Waals surface area contributed by atoms with Crippen molar-refractivity contribution in [3.05, 3.63) is 53.7 Å². The summed E-state index contributed by atoms with van der Waals surface area (Å²) in [6, 6.07) is 12.3. The highest BCUT2D eigenvalue weighted by molar-refractivity contribution is 6.45. The number of para-hydroxylation sites is 1. The van der Waals surface area contributed by atoms with Gasteiger partial charge in [0, 0.05) is 19.0 Å². The lowest BCUT2D eigenvalue weighted by molar-refractivity contribution is -0.118. The minimum atomic E-state index is -0.418. The molecule has 6 nitrogen and oxygen atoms in total. The van der Waals surface area contributed by atoms with Crippen LogP contribution in [0.25, 0.3) is 0 Å². The third-order valence-corrected chi connectivity index (χ3v) is 3.59. The molecule has 0 spiro atoms. The van der Waals surface area contributed by atoms with Crippen molar-refractivity contribution < 1.29 is 9.59 Å². The van der Waals surface area contributed by atoms with Crippen LogP contribution in [0.15, 0.2) is 53.8 Å². The molecule has 0 atom stereocenters. The van der Waals surface area contributed by atoms with Crippen molar-refractivity contribution >= 4 is 40.6 Å². The Balaban J connectivity index is 1.83. The minimum absolute atomic E-state index is 0.149. The molecular formula is C16H13ClN4O2. The van der Waals surface area contributed by atoms with Gasteiger partial charge in [-0.3, -0.25) is 9.59 Å². The molecule has 7 heteroatoms. The molecule has 1 aliphatic heterocycles. The van der Waals surface area contributed by atoms with Gasteiger partial charge in [-0.2, -0.15) is 5.10 Å². The zero-order valence-corrected chi connectivity index (χ0v) is 12.8. The normalized spacial score (nSPS) is 14.4. The molecule has 116 valence electrons. The van der Waals surface area contributed by atoms with Gasteiger partial charge in [-0.05, 0) is 24.3 Å². The number of carbonyl (C=O) groups excluding carboxylic acids is 2. The molecular weight excluding hydrogens is 316 g/mol. The summed E-state index contributed by atoms with van der Waals surface area (Å²) in [5.41, 5.74) is 0.883. The van der Waals surface area contributed by atoms with Gasteiger partial charge in [0.2, 0.25) is 5.91 Å². The third-order valence-electron chi connectivity index (χ3n) is 3.29.